The molecule has 0 radical (unpaired) electrons. The van der Waals surface area contributed by atoms with Gasteiger partial charge in [0, 0.05) is 5.02 Å². The first-order chi connectivity index (χ1) is 8.37. The lowest BCUT2D eigenvalue weighted by atomic mass is 10.1. The van der Waals surface area contributed by atoms with Crippen molar-refractivity contribution in [3.63, 3.8) is 0 Å². The summed E-state index contributed by atoms with van der Waals surface area (Å²) in [5, 5.41) is 5.62. The molecule has 0 fully saturated rings. The molecule has 6 heteroatoms. The third-order valence-corrected chi connectivity index (χ3v) is 3.64. The van der Waals surface area contributed by atoms with Crippen LogP contribution in [0.3, 0.4) is 0 Å². The average molecular weight is 292 g/mol. The molecule has 0 amide bonds. The maximum Gasteiger partial charge on any atom is 0.209 e. The molecule has 0 aliphatic rings. The zero-order valence-corrected chi connectivity index (χ0v) is 11.9. The number of hydrogen-bond acceptors (Lipinski definition) is 3. The first-order valence-corrected chi connectivity index (χ1v) is 7.85. The molecular formula is C12H18ClNO3S. The normalized spacial score (nSPS) is 13.3. The topological polar surface area (TPSA) is 69.4 Å². The zero-order valence-electron chi connectivity index (χ0n) is 10.3. The first kappa shape index (κ1) is 15.3. The van der Waals surface area contributed by atoms with Gasteiger partial charge in [0.25, 0.3) is 0 Å². The zero-order chi connectivity index (χ0) is 13.6. The standard InChI is InChI=1S/C12H18ClNO3S/c1-10(7-9-18(14,15)16)6-8-17-12-4-2-11(13)3-5-12/h2-5,10H,6-9H2,1H3,(H2,14,15,16). The highest BCUT2D eigenvalue weighted by atomic mass is 35.5. The van der Waals surface area contributed by atoms with Crippen LogP contribution in [0.25, 0.3) is 0 Å². The molecule has 4 nitrogen and oxygen atoms in total. The molecule has 102 valence electrons. The summed E-state index contributed by atoms with van der Waals surface area (Å²) in [5.74, 6) is 1.04. The van der Waals surface area contributed by atoms with Gasteiger partial charge in [0.1, 0.15) is 5.75 Å². The molecule has 0 heterocycles. The summed E-state index contributed by atoms with van der Waals surface area (Å²) in [7, 11) is -3.36. The number of hydrogen-bond donors (Lipinski definition) is 1. The van der Waals surface area contributed by atoms with E-state index < -0.39 is 10.0 Å². The summed E-state index contributed by atoms with van der Waals surface area (Å²) in [5.41, 5.74) is 0. The predicted octanol–water partition coefficient (Wildman–Crippen LogP) is 2.42. The van der Waals surface area contributed by atoms with Crippen LogP contribution in [0, 0.1) is 5.92 Å². The van der Waals surface area contributed by atoms with Crippen molar-refractivity contribution < 1.29 is 13.2 Å². The second-order valence-corrected chi connectivity index (χ2v) is 6.52. The number of halogens is 1. The Morgan fingerprint density at radius 2 is 1.89 bits per heavy atom. The van der Waals surface area contributed by atoms with Gasteiger partial charge in [-0.3, -0.25) is 0 Å². The number of ether oxygens (including phenoxy) is 1. The Labute approximate surface area is 113 Å². The van der Waals surface area contributed by atoms with Crippen LogP contribution in [-0.4, -0.2) is 20.8 Å². The number of primary sulfonamides is 1. The Kier molecular flexibility index (Phi) is 5.91. The Hall–Kier alpha value is -0.780. The van der Waals surface area contributed by atoms with Gasteiger partial charge in [0.2, 0.25) is 10.0 Å². The van der Waals surface area contributed by atoms with E-state index in [1.54, 1.807) is 24.3 Å². The summed E-state index contributed by atoms with van der Waals surface area (Å²) >= 11 is 5.76. The largest absolute Gasteiger partial charge is 0.494 e. The van der Waals surface area contributed by atoms with E-state index in [2.05, 4.69) is 0 Å². The first-order valence-electron chi connectivity index (χ1n) is 5.75. The molecule has 0 aliphatic carbocycles. The number of sulfonamides is 1. The Morgan fingerprint density at radius 3 is 2.44 bits per heavy atom. The summed E-state index contributed by atoms with van der Waals surface area (Å²) in [6.45, 7) is 2.53. The lowest BCUT2D eigenvalue weighted by molar-refractivity contribution is 0.282. The minimum atomic E-state index is -3.36. The van der Waals surface area contributed by atoms with Crippen LogP contribution in [-0.2, 0) is 10.0 Å². The van der Waals surface area contributed by atoms with E-state index in [-0.39, 0.29) is 11.7 Å². The summed E-state index contributed by atoms with van der Waals surface area (Å²) in [6.07, 6.45) is 1.35. The van der Waals surface area contributed by atoms with E-state index in [0.717, 1.165) is 12.2 Å². The van der Waals surface area contributed by atoms with Gasteiger partial charge < -0.3 is 4.74 Å². The third kappa shape index (κ3) is 6.83. The molecule has 0 spiro atoms. The molecular weight excluding hydrogens is 274 g/mol. The van der Waals surface area contributed by atoms with Crippen molar-refractivity contribution in [3.8, 4) is 5.75 Å². The highest BCUT2D eigenvalue weighted by Crippen LogP contribution is 2.16. The number of rotatable bonds is 7. The van der Waals surface area contributed by atoms with E-state index in [0.29, 0.717) is 18.1 Å². The van der Waals surface area contributed by atoms with Gasteiger partial charge in [0.15, 0.2) is 0 Å². The Morgan fingerprint density at radius 1 is 1.28 bits per heavy atom. The minimum absolute atomic E-state index is 0.0229. The lowest BCUT2D eigenvalue weighted by Crippen LogP contribution is -2.18. The predicted molar refractivity (Wildman–Crippen MR) is 73.3 cm³/mol. The smallest absolute Gasteiger partial charge is 0.209 e. The van der Waals surface area contributed by atoms with E-state index in [4.69, 9.17) is 21.5 Å². The van der Waals surface area contributed by atoms with Crippen LogP contribution in [0.4, 0.5) is 0 Å². The molecule has 0 aromatic heterocycles. The summed E-state index contributed by atoms with van der Waals surface area (Å²) in [6, 6.07) is 7.14. The van der Waals surface area contributed by atoms with Crippen molar-refractivity contribution in [2.24, 2.45) is 11.1 Å². The third-order valence-electron chi connectivity index (χ3n) is 2.59. The quantitative estimate of drug-likeness (QED) is 0.839. The molecule has 1 aromatic carbocycles. The van der Waals surface area contributed by atoms with E-state index in [1.807, 2.05) is 6.92 Å². The maximum atomic E-state index is 10.8. The van der Waals surface area contributed by atoms with Gasteiger partial charge in [-0.05, 0) is 43.0 Å². The second-order valence-electron chi connectivity index (χ2n) is 4.35. The van der Waals surface area contributed by atoms with Crippen molar-refractivity contribution in [3.05, 3.63) is 29.3 Å². The fraction of sp³-hybridized carbons (Fsp3) is 0.500. The van der Waals surface area contributed by atoms with E-state index >= 15 is 0 Å². The van der Waals surface area contributed by atoms with Crippen LogP contribution in [0.15, 0.2) is 24.3 Å². The van der Waals surface area contributed by atoms with Crippen LogP contribution < -0.4 is 9.88 Å². The SMILES string of the molecule is CC(CCOc1ccc(Cl)cc1)CCS(N)(=O)=O. The van der Waals surface area contributed by atoms with Crippen LogP contribution in [0.1, 0.15) is 19.8 Å². The molecule has 0 saturated heterocycles. The van der Waals surface area contributed by atoms with Crippen molar-refractivity contribution in [1.82, 2.24) is 0 Å². The van der Waals surface area contributed by atoms with Gasteiger partial charge in [-0.2, -0.15) is 0 Å². The molecule has 2 N–H and O–H groups in total. The van der Waals surface area contributed by atoms with Crippen LogP contribution in [0.5, 0.6) is 5.75 Å². The van der Waals surface area contributed by atoms with Crippen molar-refractivity contribution in [2.45, 2.75) is 19.8 Å². The fourth-order valence-corrected chi connectivity index (χ4v) is 2.28. The highest BCUT2D eigenvalue weighted by molar-refractivity contribution is 7.89. The molecule has 0 aliphatic heterocycles. The van der Waals surface area contributed by atoms with Gasteiger partial charge in [-0.1, -0.05) is 18.5 Å². The monoisotopic (exact) mass is 291 g/mol. The van der Waals surface area contributed by atoms with Crippen molar-refractivity contribution >= 4 is 21.6 Å². The van der Waals surface area contributed by atoms with Gasteiger partial charge in [-0.25, -0.2) is 13.6 Å². The molecule has 1 aromatic rings. The van der Waals surface area contributed by atoms with Crippen LogP contribution in [0.2, 0.25) is 5.02 Å². The van der Waals surface area contributed by atoms with Gasteiger partial charge in [-0.15, -0.1) is 0 Å². The van der Waals surface area contributed by atoms with Gasteiger partial charge >= 0.3 is 0 Å². The highest BCUT2D eigenvalue weighted by Gasteiger charge is 2.08. The number of benzene rings is 1. The van der Waals surface area contributed by atoms with Crippen molar-refractivity contribution in [2.75, 3.05) is 12.4 Å². The van der Waals surface area contributed by atoms with E-state index in [9.17, 15) is 8.42 Å². The fourth-order valence-electron chi connectivity index (χ4n) is 1.42. The molecule has 0 saturated carbocycles. The lowest BCUT2D eigenvalue weighted by Gasteiger charge is -2.11. The minimum Gasteiger partial charge on any atom is -0.494 e. The summed E-state index contributed by atoms with van der Waals surface area (Å²) in [4.78, 5) is 0. The summed E-state index contributed by atoms with van der Waals surface area (Å²) < 4.78 is 27.1. The number of nitrogens with two attached hydrogens (primary N) is 1. The molecule has 0 bridgehead atoms. The average Bonchev–Trinajstić information content (AvgIpc) is 2.28. The second kappa shape index (κ2) is 6.97. The molecule has 1 rings (SSSR count). The maximum absolute atomic E-state index is 10.8. The Balaban J connectivity index is 2.23. The van der Waals surface area contributed by atoms with Crippen molar-refractivity contribution in [1.29, 1.82) is 0 Å². The molecule has 1 atom stereocenters. The van der Waals surface area contributed by atoms with Crippen LogP contribution >= 0.6 is 11.6 Å². The molecule has 18 heavy (non-hydrogen) atoms. The van der Waals surface area contributed by atoms with E-state index in [1.165, 1.54) is 0 Å². The molecule has 1 unspecified atom stereocenters. The Bertz CT molecular complexity index is 459. The van der Waals surface area contributed by atoms with Gasteiger partial charge in [0.05, 0.1) is 12.4 Å².